The Bertz CT molecular complexity index is 431. The number of anilines is 1. The number of hydrogen-bond acceptors (Lipinski definition) is 2. The predicted octanol–water partition coefficient (Wildman–Crippen LogP) is 4.44. The lowest BCUT2D eigenvalue weighted by Crippen LogP contribution is -2.45. The van der Waals surface area contributed by atoms with Crippen molar-refractivity contribution in [1.29, 1.82) is 0 Å². The molecule has 1 aromatic carbocycles. The number of rotatable bonds is 3. The lowest BCUT2D eigenvalue weighted by Gasteiger charge is -2.34. The summed E-state index contributed by atoms with van der Waals surface area (Å²) in [5, 5.41) is 4.41. The maximum atomic E-state index is 6.26. The molecule has 2 rings (SSSR count). The summed E-state index contributed by atoms with van der Waals surface area (Å²) in [5.41, 5.74) is 7.53. The van der Waals surface area contributed by atoms with E-state index < -0.39 is 0 Å². The van der Waals surface area contributed by atoms with Gasteiger partial charge in [-0.25, -0.2) is 0 Å². The van der Waals surface area contributed by atoms with Gasteiger partial charge in [0.25, 0.3) is 0 Å². The molecule has 1 saturated carbocycles. The van der Waals surface area contributed by atoms with Crippen LogP contribution in [0.1, 0.15) is 46.0 Å². The topological polar surface area (TPSA) is 38.0 Å². The Kier molecular flexibility index (Phi) is 4.42. The minimum Gasteiger partial charge on any atom is -0.377 e. The van der Waals surface area contributed by atoms with Crippen molar-refractivity contribution in [2.45, 2.75) is 51.5 Å². The molecule has 0 spiro atoms. The van der Waals surface area contributed by atoms with Gasteiger partial charge in [0, 0.05) is 12.1 Å². The van der Waals surface area contributed by atoms with Crippen LogP contribution in [0.2, 0.25) is 5.02 Å². The maximum Gasteiger partial charge on any atom is 0.0637 e. The first kappa shape index (κ1) is 14.7. The minimum atomic E-state index is -0.00123. The molecule has 19 heavy (non-hydrogen) atoms. The first-order valence-electron chi connectivity index (χ1n) is 7.19. The number of para-hydroxylation sites is 1. The molecule has 3 heteroatoms. The van der Waals surface area contributed by atoms with Crippen molar-refractivity contribution in [3.05, 3.63) is 29.3 Å². The molecular weight excluding hydrogens is 256 g/mol. The second kappa shape index (κ2) is 5.72. The van der Waals surface area contributed by atoms with Crippen LogP contribution in [0.3, 0.4) is 0 Å². The third-order valence-electron chi connectivity index (χ3n) is 4.45. The number of benzene rings is 1. The van der Waals surface area contributed by atoms with Crippen LogP contribution in [0.4, 0.5) is 5.69 Å². The number of halogens is 1. The van der Waals surface area contributed by atoms with Crippen LogP contribution in [0.5, 0.6) is 0 Å². The maximum absolute atomic E-state index is 6.26. The molecule has 0 aromatic heterocycles. The van der Waals surface area contributed by atoms with E-state index in [2.05, 4.69) is 19.2 Å². The second-order valence-electron chi connectivity index (χ2n) is 6.61. The van der Waals surface area contributed by atoms with Gasteiger partial charge >= 0.3 is 0 Å². The number of nitrogens with two attached hydrogens (primary N) is 1. The summed E-state index contributed by atoms with van der Waals surface area (Å²) in [5.74, 6) is 0. The molecule has 1 fully saturated rings. The minimum absolute atomic E-state index is 0.00123. The average molecular weight is 281 g/mol. The van der Waals surface area contributed by atoms with Crippen molar-refractivity contribution in [3.8, 4) is 0 Å². The fraction of sp³-hybridized carbons (Fsp3) is 0.625. The van der Waals surface area contributed by atoms with Gasteiger partial charge in [-0.2, -0.15) is 0 Å². The molecular formula is C16H25ClN2. The van der Waals surface area contributed by atoms with Crippen LogP contribution < -0.4 is 11.1 Å². The Morgan fingerprint density at radius 2 is 1.89 bits per heavy atom. The zero-order chi connectivity index (χ0) is 13.9. The molecule has 106 valence electrons. The van der Waals surface area contributed by atoms with Crippen LogP contribution in [0.15, 0.2) is 24.3 Å². The summed E-state index contributed by atoms with van der Waals surface area (Å²) in [7, 11) is 0. The van der Waals surface area contributed by atoms with Gasteiger partial charge in [-0.1, -0.05) is 44.0 Å². The van der Waals surface area contributed by atoms with Gasteiger partial charge in [-0.05, 0) is 43.2 Å². The first-order valence-corrected chi connectivity index (χ1v) is 7.57. The van der Waals surface area contributed by atoms with Crippen LogP contribution in [-0.4, -0.2) is 12.1 Å². The smallest absolute Gasteiger partial charge is 0.0637 e. The van der Waals surface area contributed by atoms with Crippen LogP contribution >= 0.6 is 11.6 Å². The Morgan fingerprint density at radius 3 is 2.58 bits per heavy atom. The number of nitrogens with one attached hydrogen (secondary N) is 1. The standard InChI is InChI=1S/C16H25ClN2/c1-15(2)8-5-9-16(12-18,11-10-15)19-14-7-4-3-6-13(14)17/h3-4,6-7,19H,5,8-12,18H2,1-2H3. The van der Waals surface area contributed by atoms with Crippen molar-refractivity contribution in [1.82, 2.24) is 0 Å². The van der Waals surface area contributed by atoms with Crippen LogP contribution in [0.25, 0.3) is 0 Å². The van der Waals surface area contributed by atoms with Crippen LogP contribution in [-0.2, 0) is 0 Å². The Morgan fingerprint density at radius 1 is 1.16 bits per heavy atom. The quantitative estimate of drug-likeness (QED) is 0.804. The molecule has 0 radical (unpaired) electrons. The van der Waals surface area contributed by atoms with Crippen molar-refractivity contribution < 1.29 is 0 Å². The average Bonchev–Trinajstić information content (AvgIpc) is 2.52. The fourth-order valence-electron chi connectivity index (χ4n) is 2.96. The highest BCUT2D eigenvalue weighted by Gasteiger charge is 2.34. The van der Waals surface area contributed by atoms with E-state index in [1.54, 1.807) is 0 Å². The summed E-state index contributed by atoms with van der Waals surface area (Å²) >= 11 is 6.26. The lowest BCUT2D eigenvalue weighted by molar-refractivity contribution is 0.305. The highest BCUT2D eigenvalue weighted by molar-refractivity contribution is 6.33. The summed E-state index contributed by atoms with van der Waals surface area (Å²) in [6.45, 7) is 5.37. The van der Waals surface area contributed by atoms with E-state index in [1.807, 2.05) is 24.3 Å². The van der Waals surface area contributed by atoms with Gasteiger partial charge in [0.05, 0.1) is 10.7 Å². The van der Waals surface area contributed by atoms with Crippen molar-refractivity contribution in [2.24, 2.45) is 11.1 Å². The van der Waals surface area contributed by atoms with Crippen molar-refractivity contribution in [2.75, 3.05) is 11.9 Å². The molecule has 0 amide bonds. The lowest BCUT2D eigenvalue weighted by atomic mass is 9.83. The molecule has 0 aliphatic heterocycles. The van der Waals surface area contributed by atoms with E-state index in [-0.39, 0.29) is 5.54 Å². The molecule has 1 aliphatic carbocycles. The largest absolute Gasteiger partial charge is 0.377 e. The van der Waals surface area contributed by atoms with Gasteiger partial charge in [0.15, 0.2) is 0 Å². The van der Waals surface area contributed by atoms with E-state index in [0.717, 1.165) is 23.6 Å². The molecule has 0 bridgehead atoms. The molecule has 1 atom stereocenters. The summed E-state index contributed by atoms with van der Waals surface area (Å²) in [6.07, 6.45) is 5.95. The zero-order valence-corrected chi connectivity index (χ0v) is 12.8. The highest BCUT2D eigenvalue weighted by atomic mass is 35.5. The van der Waals surface area contributed by atoms with Gasteiger partial charge in [-0.15, -0.1) is 0 Å². The van der Waals surface area contributed by atoms with Crippen LogP contribution in [0, 0.1) is 5.41 Å². The van der Waals surface area contributed by atoms with Gasteiger partial charge in [-0.3, -0.25) is 0 Å². The molecule has 2 nitrogen and oxygen atoms in total. The molecule has 0 heterocycles. The molecule has 1 aliphatic rings. The monoisotopic (exact) mass is 280 g/mol. The van der Waals surface area contributed by atoms with Gasteiger partial charge in [0.1, 0.15) is 0 Å². The summed E-state index contributed by atoms with van der Waals surface area (Å²) in [4.78, 5) is 0. The van der Waals surface area contributed by atoms with Gasteiger partial charge in [0.2, 0.25) is 0 Å². The normalized spacial score (nSPS) is 26.7. The summed E-state index contributed by atoms with van der Waals surface area (Å²) < 4.78 is 0. The van der Waals surface area contributed by atoms with E-state index in [0.29, 0.717) is 12.0 Å². The van der Waals surface area contributed by atoms with E-state index >= 15 is 0 Å². The second-order valence-corrected chi connectivity index (χ2v) is 7.01. The Labute approximate surface area is 121 Å². The molecule has 3 N–H and O–H groups in total. The Balaban J connectivity index is 2.17. The molecule has 1 aromatic rings. The molecule has 1 unspecified atom stereocenters. The zero-order valence-electron chi connectivity index (χ0n) is 12.0. The fourth-order valence-corrected chi connectivity index (χ4v) is 3.14. The van der Waals surface area contributed by atoms with E-state index in [4.69, 9.17) is 17.3 Å². The van der Waals surface area contributed by atoms with E-state index in [1.165, 1.54) is 19.3 Å². The van der Waals surface area contributed by atoms with Crippen molar-refractivity contribution >= 4 is 17.3 Å². The number of hydrogen-bond donors (Lipinski definition) is 2. The first-order chi connectivity index (χ1) is 8.96. The van der Waals surface area contributed by atoms with Gasteiger partial charge < -0.3 is 11.1 Å². The Hall–Kier alpha value is -0.730. The van der Waals surface area contributed by atoms with E-state index in [9.17, 15) is 0 Å². The van der Waals surface area contributed by atoms with Crippen molar-refractivity contribution in [3.63, 3.8) is 0 Å². The SMILES string of the molecule is CC1(C)CCCC(CN)(Nc2ccccc2Cl)CC1. The third kappa shape index (κ3) is 3.64. The highest BCUT2D eigenvalue weighted by Crippen LogP contribution is 2.39. The summed E-state index contributed by atoms with van der Waals surface area (Å²) in [6, 6.07) is 7.93. The third-order valence-corrected chi connectivity index (χ3v) is 4.78. The molecule has 0 saturated heterocycles. The predicted molar refractivity (Wildman–Crippen MR) is 83.7 cm³/mol.